The first-order chi connectivity index (χ1) is 19.5. The van der Waals surface area contributed by atoms with Crippen LogP contribution in [0.2, 0.25) is 10.0 Å². The summed E-state index contributed by atoms with van der Waals surface area (Å²) in [5, 5.41) is 21.9. The van der Waals surface area contributed by atoms with Crippen molar-refractivity contribution in [3.8, 4) is 6.07 Å². The van der Waals surface area contributed by atoms with E-state index in [4.69, 9.17) is 23.2 Å². The summed E-state index contributed by atoms with van der Waals surface area (Å²) in [5.74, 6) is -2.72. The summed E-state index contributed by atoms with van der Waals surface area (Å²) in [6.45, 7) is 0.0890. The number of hydrogen-bond donors (Lipinski definition) is 2. The lowest BCUT2D eigenvalue weighted by Crippen LogP contribution is -2.53. The molecule has 5 rings (SSSR count). The summed E-state index contributed by atoms with van der Waals surface area (Å²) in [7, 11) is 1.54. The lowest BCUT2D eigenvalue weighted by molar-refractivity contribution is -0.125. The number of likely N-dealkylation sites (N-methyl/N-ethyl adjacent to an activating group) is 1. The maximum Gasteiger partial charge on any atom is 0.337 e. The number of hydrogen-bond acceptors (Lipinski definition) is 6. The molecule has 3 aromatic carbocycles. The van der Waals surface area contributed by atoms with Crippen LogP contribution in [0.3, 0.4) is 0 Å². The second kappa shape index (κ2) is 10.9. The molecule has 2 aliphatic heterocycles. The van der Waals surface area contributed by atoms with E-state index in [1.165, 1.54) is 42.3 Å². The van der Waals surface area contributed by atoms with Crippen LogP contribution >= 0.6 is 23.2 Å². The van der Waals surface area contributed by atoms with Crippen LogP contribution in [-0.2, 0) is 9.59 Å². The predicted octanol–water partition coefficient (Wildman–Crippen LogP) is 4.44. The Morgan fingerprint density at radius 2 is 1.73 bits per heavy atom. The minimum absolute atomic E-state index is 0.0253. The van der Waals surface area contributed by atoms with Crippen molar-refractivity contribution < 1.29 is 24.3 Å². The second-order valence-corrected chi connectivity index (χ2v) is 10.8. The van der Waals surface area contributed by atoms with Crippen molar-refractivity contribution in [2.24, 2.45) is 0 Å². The molecular weight excluding hydrogens is 569 g/mol. The number of likely N-dealkylation sites (tertiary alicyclic amines) is 1. The van der Waals surface area contributed by atoms with Crippen molar-refractivity contribution in [1.29, 1.82) is 5.26 Å². The fraction of sp³-hybridized carbons (Fsp3) is 0.207. The van der Waals surface area contributed by atoms with Crippen molar-refractivity contribution in [1.82, 2.24) is 9.80 Å². The minimum Gasteiger partial charge on any atom is -0.478 e. The van der Waals surface area contributed by atoms with E-state index in [0.717, 1.165) is 4.90 Å². The first kappa shape index (κ1) is 28.1. The third-order valence-corrected chi connectivity index (χ3v) is 7.91. The highest BCUT2D eigenvalue weighted by Gasteiger charge is 2.64. The number of benzene rings is 3. The predicted molar refractivity (Wildman–Crippen MR) is 152 cm³/mol. The topological polar surface area (TPSA) is 134 Å². The maximum atomic E-state index is 14.3. The molecule has 0 aliphatic carbocycles. The first-order valence-electron chi connectivity index (χ1n) is 12.5. The zero-order chi connectivity index (χ0) is 29.5. The van der Waals surface area contributed by atoms with Gasteiger partial charge in [-0.3, -0.25) is 14.5 Å². The number of carbonyl (C=O) groups excluding carboxylic acids is 3. The van der Waals surface area contributed by atoms with Crippen molar-refractivity contribution in [2.75, 3.05) is 36.9 Å². The molecular formula is C29H23Cl2N5O5. The summed E-state index contributed by atoms with van der Waals surface area (Å²) < 4.78 is 0. The zero-order valence-corrected chi connectivity index (χ0v) is 23.2. The summed E-state index contributed by atoms with van der Waals surface area (Å²) in [6, 6.07) is 18.7. The Kier molecular flexibility index (Phi) is 7.44. The number of carbonyl (C=O) groups is 4. The van der Waals surface area contributed by atoms with Gasteiger partial charge in [-0.05, 0) is 48.0 Å². The van der Waals surface area contributed by atoms with Gasteiger partial charge in [-0.25, -0.2) is 14.5 Å². The quantitative estimate of drug-likeness (QED) is 0.405. The molecule has 1 spiro atoms. The van der Waals surface area contributed by atoms with Gasteiger partial charge >= 0.3 is 12.0 Å². The number of amides is 4. The summed E-state index contributed by atoms with van der Waals surface area (Å²) in [4.78, 5) is 56.7. The molecule has 0 aromatic heterocycles. The van der Waals surface area contributed by atoms with E-state index >= 15 is 0 Å². The number of halogens is 2. The fourth-order valence-electron chi connectivity index (χ4n) is 5.59. The monoisotopic (exact) mass is 591 g/mol. The van der Waals surface area contributed by atoms with Gasteiger partial charge in [0, 0.05) is 36.1 Å². The molecule has 2 N–H and O–H groups in total. The van der Waals surface area contributed by atoms with Crippen molar-refractivity contribution in [2.45, 2.75) is 11.5 Å². The molecule has 0 radical (unpaired) electrons. The molecule has 2 heterocycles. The third kappa shape index (κ3) is 5.00. The first-order valence-corrected chi connectivity index (χ1v) is 13.2. The highest BCUT2D eigenvalue weighted by atomic mass is 35.5. The zero-order valence-electron chi connectivity index (χ0n) is 21.7. The molecule has 41 heavy (non-hydrogen) atoms. The van der Waals surface area contributed by atoms with E-state index in [2.05, 4.69) is 11.4 Å². The van der Waals surface area contributed by atoms with E-state index in [9.17, 15) is 29.5 Å². The second-order valence-electron chi connectivity index (χ2n) is 9.89. The largest absolute Gasteiger partial charge is 0.478 e. The number of para-hydroxylation sites is 1. The van der Waals surface area contributed by atoms with Crippen LogP contribution in [0, 0.1) is 11.3 Å². The van der Waals surface area contributed by atoms with Crippen LogP contribution in [0.1, 0.15) is 27.4 Å². The molecule has 208 valence electrons. The van der Waals surface area contributed by atoms with Crippen LogP contribution in [-0.4, -0.2) is 70.9 Å². The molecule has 2 atom stereocenters. The average molecular weight is 592 g/mol. The molecule has 4 amide bonds. The van der Waals surface area contributed by atoms with Crippen LogP contribution in [0.25, 0.3) is 0 Å². The van der Waals surface area contributed by atoms with Crippen LogP contribution in [0.15, 0.2) is 66.7 Å². The van der Waals surface area contributed by atoms with Gasteiger partial charge in [-0.15, -0.1) is 0 Å². The fourth-order valence-corrected chi connectivity index (χ4v) is 6.10. The van der Waals surface area contributed by atoms with Crippen molar-refractivity contribution >= 4 is 58.4 Å². The number of nitrogens with one attached hydrogen (secondary N) is 1. The molecule has 2 saturated heterocycles. The van der Waals surface area contributed by atoms with Crippen LogP contribution in [0.5, 0.6) is 0 Å². The van der Waals surface area contributed by atoms with Gasteiger partial charge in [0.1, 0.15) is 5.54 Å². The Morgan fingerprint density at radius 1 is 1.07 bits per heavy atom. The van der Waals surface area contributed by atoms with Crippen LogP contribution in [0.4, 0.5) is 16.2 Å². The Hall–Kier alpha value is -4.43. The average Bonchev–Trinajstić information content (AvgIpc) is 3.39. The van der Waals surface area contributed by atoms with Gasteiger partial charge in [-0.1, -0.05) is 47.5 Å². The van der Waals surface area contributed by atoms with Gasteiger partial charge < -0.3 is 15.3 Å². The van der Waals surface area contributed by atoms with Gasteiger partial charge in [0.25, 0.3) is 5.91 Å². The van der Waals surface area contributed by atoms with E-state index in [0.29, 0.717) is 11.1 Å². The summed E-state index contributed by atoms with van der Waals surface area (Å²) >= 11 is 12.4. The highest BCUT2D eigenvalue weighted by Crippen LogP contribution is 2.46. The smallest absolute Gasteiger partial charge is 0.337 e. The highest BCUT2D eigenvalue weighted by molar-refractivity contribution is 6.35. The maximum absolute atomic E-state index is 14.3. The molecule has 0 unspecified atom stereocenters. The molecule has 3 aromatic rings. The number of aromatic carboxylic acids is 1. The number of nitrogens with zero attached hydrogens (tertiary/aromatic N) is 4. The van der Waals surface area contributed by atoms with Gasteiger partial charge in [0.15, 0.2) is 0 Å². The number of urea groups is 1. The van der Waals surface area contributed by atoms with E-state index in [1.54, 1.807) is 41.3 Å². The SMILES string of the molecule is CN1C(=O)N(c2cc(Cl)cc(Cl)c2)C(=O)[C@]12CN(CC(=O)Nc1ccccc1C(=O)O)C[C@H]2c1ccc(C#N)cc1. The number of rotatable bonds is 6. The van der Waals surface area contributed by atoms with Crippen molar-refractivity contribution in [3.05, 3.63) is 93.5 Å². The van der Waals surface area contributed by atoms with Gasteiger partial charge in [-0.2, -0.15) is 5.26 Å². The molecule has 2 fully saturated rings. The van der Waals surface area contributed by atoms with Crippen LogP contribution < -0.4 is 10.2 Å². The lowest BCUT2D eigenvalue weighted by atomic mass is 9.80. The normalized spacial score (nSPS) is 20.5. The number of carboxylic acid groups (broad SMARTS) is 1. The Balaban J connectivity index is 1.50. The molecule has 0 saturated carbocycles. The molecule has 12 heteroatoms. The van der Waals surface area contributed by atoms with E-state index in [1.807, 2.05) is 0 Å². The molecule has 0 bridgehead atoms. The molecule has 2 aliphatic rings. The lowest BCUT2D eigenvalue weighted by Gasteiger charge is -2.34. The number of carboxylic acids is 1. The molecule has 10 nitrogen and oxygen atoms in total. The van der Waals surface area contributed by atoms with Gasteiger partial charge in [0.2, 0.25) is 5.91 Å². The summed E-state index contributed by atoms with van der Waals surface area (Å²) in [5.41, 5.74) is 0.0752. The van der Waals surface area contributed by atoms with Crippen molar-refractivity contribution in [3.63, 3.8) is 0 Å². The number of nitriles is 1. The summed E-state index contributed by atoms with van der Waals surface area (Å²) in [6.07, 6.45) is 0. The van der Waals surface area contributed by atoms with Gasteiger partial charge in [0.05, 0.1) is 35.1 Å². The van der Waals surface area contributed by atoms with E-state index < -0.39 is 35.3 Å². The Morgan fingerprint density at radius 3 is 2.37 bits per heavy atom. The van der Waals surface area contributed by atoms with E-state index in [-0.39, 0.29) is 46.6 Å². The minimum atomic E-state index is -1.39. The standard InChI is InChI=1S/C29H23Cl2N5O5/c1-34-28(41)36(21-11-19(30)10-20(31)12-21)27(40)29(34)16-35(14-23(29)18-8-6-17(13-32)7-9-18)15-25(37)33-24-5-3-2-4-22(24)26(38)39/h2-12,23H,14-16H2,1H3,(H,33,37)(H,38,39)/t23-,29+/m0/s1. The Bertz CT molecular complexity index is 1600. The third-order valence-electron chi connectivity index (χ3n) is 7.48. The number of imide groups is 1. The Labute approximate surface area is 245 Å². The number of anilines is 2.